The highest BCUT2D eigenvalue weighted by atomic mass is 15.3. The van der Waals surface area contributed by atoms with Gasteiger partial charge >= 0.3 is 0 Å². The highest BCUT2D eigenvalue weighted by molar-refractivity contribution is 5.41. The van der Waals surface area contributed by atoms with Crippen LogP contribution in [0, 0.1) is 6.92 Å². The van der Waals surface area contributed by atoms with Crippen LogP contribution in [0.4, 0.5) is 5.82 Å². The molecule has 2 aliphatic rings. The number of aromatic nitrogens is 5. The summed E-state index contributed by atoms with van der Waals surface area (Å²) in [6.45, 7) is 9.43. The van der Waals surface area contributed by atoms with Crippen molar-refractivity contribution in [2.45, 2.75) is 58.4 Å². The predicted molar refractivity (Wildman–Crippen MR) is 106 cm³/mol. The van der Waals surface area contributed by atoms with Crippen LogP contribution in [-0.2, 0) is 20.0 Å². The zero-order valence-electron chi connectivity index (χ0n) is 16.9. The van der Waals surface area contributed by atoms with E-state index in [-0.39, 0.29) is 0 Å². The minimum absolute atomic E-state index is 0.406. The molecule has 0 amide bonds. The van der Waals surface area contributed by atoms with Crippen LogP contribution in [-0.4, -0.2) is 55.8 Å². The average molecular weight is 370 g/mol. The molecule has 146 valence electrons. The summed E-state index contributed by atoms with van der Waals surface area (Å²) >= 11 is 0. The number of nitrogens with zero attached hydrogens (tertiary/aromatic N) is 7. The molecule has 4 rings (SSSR count). The SMILES string of the molecule is CCc1cc(N2CCC[C@H](c3nnc(CN4CCCC4)n3C)C2)nc(C)n1. The molecule has 1 atom stereocenters. The Hall–Kier alpha value is -2.02. The summed E-state index contributed by atoms with van der Waals surface area (Å²) < 4.78 is 2.23. The van der Waals surface area contributed by atoms with Gasteiger partial charge in [0.05, 0.1) is 6.54 Å². The third-order valence-electron chi connectivity index (χ3n) is 5.91. The Kier molecular flexibility index (Phi) is 5.38. The summed E-state index contributed by atoms with van der Waals surface area (Å²) in [6, 6.07) is 2.14. The monoisotopic (exact) mass is 369 g/mol. The molecule has 0 aromatic carbocycles. The molecule has 0 saturated carbocycles. The van der Waals surface area contributed by atoms with Crippen molar-refractivity contribution in [1.29, 1.82) is 0 Å². The van der Waals surface area contributed by atoms with Crippen LogP contribution in [0.1, 0.15) is 61.7 Å². The molecular formula is C20H31N7. The van der Waals surface area contributed by atoms with E-state index in [4.69, 9.17) is 4.98 Å². The van der Waals surface area contributed by atoms with Crippen LogP contribution in [0.5, 0.6) is 0 Å². The predicted octanol–water partition coefficient (Wildman–Crippen LogP) is 2.46. The lowest BCUT2D eigenvalue weighted by molar-refractivity contribution is 0.317. The summed E-state index contributed by atoms with van der Waals surface area (Å²) in [5, 5.41) is 9.11. The third kappa shape index (κ3) is 3.98. The summed E-state index contributed by atoms with van der Waals surface area (Å²) in [4.78, 5) is 14.1. The van der Waals surface area contributed by atoms with Crippen LogP contribution in [0.2, 0.25) is 0 Å². The Morgan fingerprint density at radius 3 is 2.67 bits per heavy atom. The van der Waals surface area contributed by atoms with Gasteiger partial charge in [-0.25, -0.2) is 9.97 Å². The fourth-order valence-corrected chi connectivity index (χ4v) is 4.36. The van der Waals surface area contributed by atoms with Crippen LogP contribution in [0.25, 0.3) is 0 Å². The van der Waals surface area contributed by atoms with Gasteiger partial charge in [0.25, 0.3) is 0 Å². The quantitative estimate of drug-likeness (QED) is 0.807. The first-order chi connectivity index (χ1) is 13.1. The van der Waals surface area contributed by atoms with Crippen molar-refractivity contribution in [3.8, 4) is 0 Å². The second-order valence-corrected chi connectivity index (χ2v) is 7.92. The fraction of sp³-hybridized carbons (Fsp3) is 0.700. The van der Waals surface area contributed by atoms with Crippen LogP contribution in [0.15, 0.2) is 6.07 Å². The number of hydrogen-bond donors (Lipinski definition) is 0. The van der Waals surface area contributed by atoms with E-state index in [0.29, 0.717) is 5.92 Å². The van der Waals surface area contributed by atoms with Crippen molar-refractivity contribution in [2.24, 2.45) is 7.05 Å². The summed E-state index contributed by atoms with van der Waals surface area (Å²) in [5.41, 5.74) is 1.12. The lowest BCUT2D eigenvalue weighted by Crippen LogP contribution is -2.36. The molecule has 7 heteroatoms. The number of rotatable bonds is 5. The normalized spacial score (nSPS) is 21.1. The Morgan fingerprint density at radius 1 is 1.07 bits per heavy atom. The van der Waals surface area contributed by atoms with Crippen LogP contribution >= 0.6 is 0 Å². The first-order valence-corrected chi connectivity index (χ1v) is 10.3. The maximum absolute atomic E-state index is 4.69. The van der Waals surface area contributed by atoms with Crippen molar-refractivity contribution in [2.75, 3.05) is 31.1 Å². The zero-order valence-corrected chi connectivity index (χ0v) is 16.9. The molecule has 0 aliphatic carbocycles. The van der Waals surface area contributed by atoms with E-state index in [1.54, 1.807) is 0 Å². The van der Waals surface area contributed by atoms with Gasteiger partial charge in [0.15, 0.2) is 0 Å². The maximum Gasteiger partial charge on any atom is 0.146 e. The fourth-order valence-electron chi connectivity index (χ4n) is 4.36. The highest BCUT2D eigenvalue weighted by Crippen LogP contribution is 2.29. The second-order valence-electron chi connectivity index (χ2n) is 7.92. The summed E-state index contributed by atoms with van der Waals surface area (Å²) in [6.07, 6.45) is 5.87. The zero-order chi connectivity index (χ0) is 18.8. The molecule has 0 radical (unpaired) electrons. The van der Waals surface area contributed by atoms with Gasteiger partial charge in [0.2, 0.25) is 0 Å². The molecule has 2 aromatic heterocycles. The first kappa shape index (κ1) is 18.3. The Morgan fingerprint density at radius 2 is 1.89 bits per heavy atom. The van der Waals surface area contributed by atoms with Gasteiger partial charge in [-0.1, -0.05) is 6.92 Å². The molecule has 27 heavy (non-hydrogen) atoms. The lowest BCUT2D eigenvalue weighted by Gasteiger charge is -2.33. The minimum Gasteiger partial charge on any atom is -0.356 e. The van der Waals surface area contributed by atoms with Gasteiger partial charge in [-0.05, 0) is 52.1 Å². The number of likely N-dealkylation sites (tertiary alicyclic amines) is 1. The third-order valence-corrected chi connectivity index (χ3v) is 5.91. The van der Waals surface area contributed by atoms with Crippen molar-refractivity contribution in [3.05, 3.63) is 29.2 Å². The van der Waals surface area contributed by atoms with E-state index in [2.05, 4.69) is 49.6 Å². The van der Waals surface area contributed by atoms with E-state index in [9.17, 15) is 0 Å². The topological polar surface area (TPSA) is 63.0 Å². The maximum atomic E-state index is 4.69. The van der Waals surface area contributed by atoms with E-state index in [1.807, 2.05) is 6.92 Å². The summed E-state index contributed by atoms with van der Waals surface area (Å²) in [7, 11) is 2.13. The highest BCUT2D eigenvalue weighted by Gasteiger charge is 2.27. The second kappa shape index (κ2) is 7.92. The number of piperidine rings is 1. The van der Waals surface area contributed by atoms with Crippen molar-refractivity contribution in [1.82, 2.24) is 29.6 Å². The largest absolute Gasteiger partial charge is 0.356 e. The first-order valence-electron chi connectivity index (χ1n) is 10.3. The minimum atomic E-state index is 0.406. The van der Waals surface area contributed by atoms with Crippen LogP contribution < -0.4 is 4.90 Å². The molecule has 0 unspecified atom stereocenters. The molecule has 7 nitrogen and oxygen atoms in total. The van der Waals surface area contributed by atoms with Gasteiger partial charge < -0.3 is 9.47 Å². The number of anilines is 1. The van der Waals surface area contributed by atoms with E-state index < -0.39 is 0 Å². The average Bonchev–Trinajstić information content (AvgIpc) is 3.32. The smallest absolute Gasteiger partial charge is 0.146 e. The van der Waals surface area contributed by atoms with E-state index in [1.165, 1.54) is 25.9 Å². The van der Waals surface area contributed by atoms with E-state index >= 15 is 0 Å². The Bertz CT molecular complexity index is 779. The number of aryl methyl sites for hydroxylation is 2. The molecule has 2 fully saturated rings. The van der Waals surface area contributed by atoms with Crippen LogP contribution in [0.3, 0.4) is 0 Å². The summed E-state index contributed by atoms with van der Waals surface area (Å²) in [5.74, 6) is 4.54. The molecule has 2 aromatic rings. The van der Waals surface area contributed by atoms with Gasteiger partial charge in [0, 0.05) is 37.8 Å². The number of hydrogen-bond acceptors (Lipinski definition) is 6. The van der Waals surface area contributed by atoms with Gasteiger partial charge in [-0.3, -0.25) is 4.90 Å². The molecule has 0 spiro atoms. The molecular weight excluding hydrogens is 338 g/mol. The standard InChI is InChI=1S/C20H31N7/c1-4-17-12-18(22-15(2)21-17)27-11-7-8-16(13-27)20-24-23-19(25(20)3)14-26-9-5-6-10-26/h12,16H,4-11,13-14H2,1-3H3/t16-/m0/s1. The molecule has 2 aliphatic heterocycles. The van der Waals surface area contributed by atoms with Gasteiger partial charge in [0.1, 0.15) is 23.3 Å². The molecule has 2 saturated heterocycles. The molecule has 4 heterocycles. The van der Waals surface area contributed by atoms with Crippen molar-refractivity contribution < 1.29 is 0 Å². The Balaban J connectivity index is 1.50. The van der Waals surface area contributed by atoms with Gasteiger partial charge in [-0.2, -0.15) is 0 Å². The molecule has 0 N–H and O–H groups in total. The Labute approximate surface area is 161 Å². The van der Waals surface area contributed by atoms with Crippen molar-refractivity contribution >= 4 is 5.82 Å². The molecule has 0 bridgehead atoms. The van der Waals surface area contributed by atoms with E-state index in [0.717, 1.165) is 67.9 Å². The van der Waals surface area contributed by atoms with Crippen molar-refractivity contribution in [3.63, 3.8) is 0 Å². The lowest BCUT2D eigenvalue weighted by atomic mass is 9.97. The van der Waals surface area contributed by atoms with Gasteiger partial charge in [-0.15, -0.1) is 10.2 Å².